The van der Waals surface area contributed by atoms with Gasteiger partial charge in [0.2, 0.25) is 0 Å². The van der Waals surface area contributed by atoms with Crippen LogP contribution in [-0.4, -0.2) is 16.9 Å². The molecule has 0 aliphatic carbocycles. The summed E-state index contributed by atoms with van der Waals surface area (Å²) >= 11 is 0. The molecule has 0 saturated heterocycles. The zero-order valence-corrected chi connectivity index (χ0v) is 5.79. The summed E-state index contributed by atoms with van der Waals surface area (Å²) in [5, 5.41) is 8.70. The van der Waals surface area contributed by atoms with Crippen LogP contribution in [0.25, 0.3) is 0 Å². The summed E-state index contributed by atoms with van der Waals surface area (Å²) in [5.41, 5.74) is -3.06. The number of rotatable bonds is 1. The molecule has 0 heterocycles. The van der Waals surface area contributed by atoms with Gasteiger partial charge in [0.05, 0.1) is 0 Å². The summed E-state index contributed by atoms with van der Waals surface area (Å²) in [6.45, 7) is 4.83. The smallest absolute Gasteiger partial charge is 0.377 e. The van der Waals surface area contributed by atoms with Crippen molar-refractivity contribution < 1.29 is 18.3 Å². The van der Waals surface area contributed by atoms with Crippen LogP contribution in [0.1, 0.15) is 13.8 Å². The number of alkyl halides is 3. The van der Waals surface area contributed by atoms with Crippen LogP contribution < -0.4 is 0 Å². The molecule has 0 aromatic heterocycles. The number of hydrogen-bond donors (Lipinski definition) is 1. The predicted molar refractivity (Wildman–Crippen MR) is 31.5 cm³/mol. The van der Waals surface area contributed by atoms with Crippen LogP contribution in [0.2, 0.25) is 0 Å². The van der Waals surface area contributed by atoms with Gasteiger partial charge in [0.15, 0.2) is 5.60 Å². The lowest BCUT2D eigenvalue weighted by atomic mass is 9.99. The third-order valence-electron chi connectivity index (χ3n) is 1.38. The van der Waals surface area contributed by atoms with Crippen molar-refractivity contribution in [3.8, 4) is 0 Å². The molecule has 0 aromatic rings. The molecule has 0 bridgehead atoms. The van der Waals surface area contributed by atoms with Crippen LogP contribution in [0, 0.1) is 0 Å². The van der Waals surface area contributed by atoms with E-state index < -0.39 is 11.8 Å². The maximum absolute atomic E-state index is 11.8. The van der Waals surface area contributed by atoms with E-state index in [9.17, 15) is 13.2 Å². The Morgan fingerprint density at radius 3 is 1.70 bits per heavy atom. The second-order valence-corrected chi connectivity index (χ2v) is 2.35. The molecule has 0 aliphatic rings. The summed E-state index contributed by atoms with van der Waals surface area (Å²) in [5.74, 6) is 0. The fraction of sp³-hybridized carbons (Fsp3) is 0.667. The third kappa shape index (κ3) is 1.50. The Hall–Kier alpha value is -0.510. The first kappa shape index (κ1) is 9.49. The fourth-order valence-electron chi connectivity index (χ4n) is 0.242. The molecule has 0 amide bonds. The van der Waals surface area contributed by atoms with Gasteiger partial charge in [-0.25, -0.2) is 0 Å². The van der Waals surface area contributed by atoms with Gasteiger partial charge in [0.25, 0.3) is 0 Å². The Bertz CT molecular complexity index is 146. The van der Waals surface area contributed by atoms with Gasteiger partial charge in [-0.05, 0) is 19.4 Å². The Kier molecular flexibility index (Phi) is 2.15. The molecule has 0 rings (SSSR count). The molecule has 4 heteroatoms. The minimum atomic E-state index is -4.63. The normalized spacial score (nSPS) is 18.2. The minimum absolute atomic E-state index is 0.306. The van der Waals surface area contributed by atoms with Gasteiger partial charge in [-0.3, -0.25) is 0 Å². The second kappa shape index (κ2) is 2.27. The first-order valence-electron chi connectivity index (χ1n) is 2.64. The van der Waals surface area contributed by atoms with Gasteiger partial charge in [0.1, 0.15) is 0 Å². The standard InChI is InChI=1S/C6H9F3O/c1-4(2)5(3,10)6(7,8)9/h10H,1H2,2-3H3. The van der Waals surface area contributed by atoms with E-state index in [0.717, 1.165) is 6.92 Å². The van der Waals surface area contributed by atoms with Crippen molar-refractivity contribution >= 4 is 0 Å². The van der Waals surface area contributed by atoms with E-state index in [1.165, 1.54) is 0 Å². The van der Waals surface area contributed by atoms with Crippen molar-refractivity contribution in [1.82, 2.24) is 0 Å². The van der Waals surface area contributed by atoms with Crippen molar-refractivity contribution in [3.05, 3.63) is 12.2 Å². The Labute approximate surface area is 57.2 Å². The molecule has 0 saturated carbocycles. The average molecular weight is 154 g/mol. The van der Waals surface area contributed by atoms with Gasteiger partial charge >= 0.3 is 6.18 Å². The van der Waals surface area contributed by atoms with E-state index in [4.69, 9.17) is 5.11 Å². The van der Waals surface area contributed by atoms with Gasteiger partial charge in [-0.2, -0.15) is 13.2 Å². The molecule has 0 aliphatic heterocycles. The molecule has 60 valence electrons. The minimum Gasteiger partial charge on any atom is -0.377 e. The number of aliphatic hydroxyl groups is 1. The van der Waals surface area contributed by atoms with Crippen LogP contribution in [0.5, 0.6) is 0 Å². The van der Waals surface area contributed by atoms with Crippen LogP contribution in [-0.2, 0) is 0 Å². The Morgan fingerprint density at radius 1 is 1.40 bits per heavy atom. The lowest BCUT2D eigenvalue weighted by Crippen LogP contribution is -2.42. The largest absolute Gasteiger partial charge is 0.420 e. The molecular weight excluding hydrogens is 145 g/mol. The van der Waals surface area contributed by atoms with Crippen molar-refractivity contribution in [2.75, 3.05) is 0 Å². The summed E-state index contributed by atoms with van der Waals surface area (Å²) in [6, 6.07) is 0. The molecule has 1 N–H and O–H groups in total. The zero-order valence-electron chi connectivity index (χ0n) is 5.79. The fourth-order valence-corrected chi connectivity index (χ4v) is 0.242. The Morgan fingerprint density at radius 2 is 1.70 bits per heavy atom. The zero-order chi connectivity index (χ0) is 8.58. The van der Waals surface area contributed by atoms with E-state index >= 15 is 0 Å². The number of halogens is 3. The van der Waals surface area contributed by atoms with E-state index in [0.29, 0.717) is 6.92 Å². The average Bonchev–Trinajstić information content (AvgIpc) is 1.62. The summed E-state index contributed by atoms with van der Waals surface area (Å²) in [6.07, 6.45) is -4.63. The molecule has 10 heavy (non-hydrogen) atoms. The highest BCUT2D eigenvalue weighted by atomic mass is 19.4. The lowest BCUT2D eigenvalue weighted by molar-refractivity contribution is -0.236. The summed E-state index contributed by atoms with van der Waals surface area (Å²) < 4.78 is 35.3. The maximum atomic E-state index is 11.8. The first-order chi connectivity index (χ1) is 4.19. The molecule has 0 aromatic carbocycles. The molecule has 0 fully saturated rings. The van der Waals surface area contributed by atoms with Crippen molar-refractivity contribution in [2.24, 2.45) is 0 Å². The third-order valence-corrected chi connectivity index (χ3v) is 1.38. The van der Waals surface area contributed by atoms with Gasteiger partial charge < -0.3 is 5.11 Å². The maximum Gasteiger partial charge on any atom is 0.420 e. The van der Waals surface area contributed by atoms with E-state index in [1.807, 2.05) is 0 Å². The van der Waals surface area contributed by atoms with E-state index in [2.05, 4.69) is 6.58 Å². The molecule has 0 radical (unpaired) electrons. The second-order valence-electron chi connectivity index (χ2n) is 2.35. The first-order valence-corrected chi connectivity index (χ1v) is 2.64. The van der Waals surface area contributed by atoms with Crippen molar-refractivity contribution in [1.29, 1.82) is 0 Å². The quantitative estimate of drug-likeness (QED) is 0.571. The highest BCUT2D eigenvalue weighted by Gasteiger charge is 2.50. The summed E-state index contributed by atoms with van der Waals surface area (Å²) in [7, 11) is 0. The van der Waals surface area contributed by atoms with Crippen LogP contribution >= 0.6 is 0 Å². The SMILES string of the molecule is C=C(C)C(C)(O)C(F)(F)F. The molecule has 1 atom stereocenters. The molecular formula is C6H9F3O. The van der Waals surface area contributed by atoms with Crippen LogP contribution in [0.4, 0.5) is 13.2 Å². The predicted octanol–water partition coefficient (Wildman–Crippen LogP) is 1.88. The van der Waals surface area contributed by atoms with Crippen molar-refractivity contribution in [3.63, 3.8) is 0 Å². The van der Waals surface area contributed by atoms with Gasteiger partial charge in [-0.15, -0.1) is 0 Å². The van der Waals surface area contributed by atoms with E-state index in [1.54, 1.807) is 0 Å². The highest BCUT2D eigenvalue weighted by Crippen LogP contribution is 2.34. The van der Waals surface area contributed by atoms with Crippen molar-refractivity contribution in [2.45, 2.75) is 25.6 Å². The highest BCUT2D eigenvalue weighted by molar-refractivity contribution is 5.10. The summed E-state index contributed by atoms with van der Waals surface area (Å²) in [4.78, 5) is 0. The number of hydrogen-bond acceptors (Lipinski definition) is 1. The Balaban J connectivity index is 4.57. The lowest BCUT2D eigenvalue weighted by Gasteiger charge is -2.26. The molecule has 1 unspecified atom stereocenters. The van der Waals surface area contributed by atoms with Gasteiger partial charge in [-0.1, -0.05) is 6.58 Å². The molecule has 1 nitrogen and oxygen atoms in total. The van der Waals surface area contributed by atoms with Crippen LogP contribution in [0.15, 0.2) is 12.2 Å². The topological polar surface area (TPSA) is 20.2 Å². The molecule has 0 spiro atoms. The van der Waals surface area contributed by atoms with E-state index in [-0.39, 0.29) is 5.57 Å². The monoisotopic (exact) mass is 154 g/mol. The van der Waals surface area contributed by atoms with Gasteiger partial charge in [0, 0.05) is 0 Å². The van der Waals surface area contributed by atoms with Crippen LogP contribution in [0.3, 0.4) is 0 Å².